The van der Waals surface area contributed by atoms with Crippen molar-refractivity contribution < 1.29 is 14.4 Å². The van der Waals surface area contributed by atoms with Gasteiger partial charge < -0.3 is 5.32 Å². The van der Waals surface area contributed by atoms with Crippen LogP contribution in [0.3, 0.4) is 0 Å². The van der Waals surface area contributed by atoms with Crippen molar-refractivity contribution in [3.8, 4) is 0 Å². The number of likely N-dealkylation sites (tertiary alicyclic amines) is 1. The molecule has 0 radical (unpaired) electrons. The fourth-order valence-corrected chi connectivity index (χ4v) is 6.28. The van der Waals surface area contributed by atoms with Gasteiger partial charge in [-0.15, -0.1) is 0 Å². The van der Waals surface area contributed by atoms with Crippen LogP contribution in [0.15, 0.2) is 78.9 Å². The fraction of sp³-hybridized carbons (Fsp3) is 0.300. The first-order valence-electron chi connectivity index (χ1n) is 12.7. The van der Waals surface area contributed by atoms with E-state index in [1.807, 2.05) is 78.9 Å². The number of benzene rings is 3. The van der Waals surface area contributed by atoms with Crippen LogP contribution in [0.25, 0.3) is 0 Å². The number of nitrogens with zero attached hydrogens (tertiary/aromatic N) is 1. The van der Waals surface area contributed by atoms with Gasteiger partial charge in [0.25, 0.3) is 0 Å². The first kappa shape index (κ1) is 22.7. The quantitative estimate of drug-likeness (QED) is 0.531. The minimum Gasteiger partial charge on any atom is -0.324 e. The average molecular weight is 480 g/mol. The highest BCUT2D eigenvalue weighted by atomic mass is 16.2. The van der Waals surface area contributed by atoms with E-state index in [0.29, 0.717) is 25.1 Å². The van der Waals surface area contributed by atoms with Crippen LogP contribution in [0.5, 0.6) is 0 Å². The summed E-state index contributed by atoms with van der Waals surface area (Å²) in [5.74, 6) is -2.06. The monoisotopic (exact) mass is 479 g/mol. The Bertz CT molecular complexity index is 1340. The van der Waals surface area contributed by atoms with Gasteiger partial charge in [0.15, 0.2) is 0 Å². The van der Waals surface area contributed by atoms with Crippen LogP contribution in [0, 0.1) is 11.8 Å². The highest BCUT2D eigenvalue weighted by molar-refractivity contribution is 6.15. The van der Waals surface area contributed by atoms with E-state index < -0.39 is 17.4 Å². The first-order chi connectivity index (χ1) is 17.5. The molecule has 1 spiro atoms. The van der Waals surface area contributed by atoms with Crippen molar-refractivity contribution in [2.75, 3.05) is 11.9 Å². The molecule has 0 aliphatic carbocycles. The van der Waals surface area contributed by atoms with Crippen molar-refractivity contribution in [2.24, 2.45) is 11.8 Å². The second-order valence-electron chi connectivity index (χ2n) is 10.0. The predicted octanol–water partition coefficient (Wildman–Crippen LogP) is 3.45. The average Bonchev–Trinajstić information content (AvgIpc) is 3.48. The molecule has 3 aromatic rings. The second-order valence-corrected chi connectivity index (χ2v) is 10.0. The smallest absolute Gasteiger partial charge is 0.250 e. The molecule has 0 bridgehead atoms. The number of carbonyl (C=O) groups excluding carboxylic acids is 3. The van der Waals surface area contributed by atoms with Crippen molar-refractivity contribution in [3.63, 3.8) is 0 Å². The molecule has 2 fully saturated rings. The van der Waals surface area contributed by atoms with Gasteiger partial charge in [-0.1, -0.05) is 79.7 Å². The lowest BCUT2D eigenvalue weighted by Crippen LogP contribution is -2.53. The second kappa shape index (κ2) is 8.71. The van der Waals surface area contributed by atoms with Gasteiger partial charge in [-0.05, 0) is 42.0 Å². The third-order valence-corrected chi connectivity index (χ3v) is 8.04. The molecule has 0 aromatic heterocycles. The van der Waals surface area contributed by atoms with Gasteiger partial charge >= 0.3 is 0 Å². The zero-order chi connectivity index (χ0) is 24.9. The standard InChI is InChI=1S/C30H29N3O3/c1-2-19-13-14-23-22(17-19)30(29(36)31-23)26-25(24(32-30)18-21-11-7-4-8-12-21)27(34)33(28(26)35)16-15-20-9-5-3-6-10-20/h3-14,17,24-26,32H,2,15-16,18H2,1H3,(H,31,36)/t24-,25-,26-,30-/m1/s1. The molecule has 182 valence electrons. The highest BCUT2D eigenvalue weighted by Crippen LogP contribution is 2.53. The summed E-state index contributed by atoms with van der Waals surface area (Å²) in [5.41, 5.74) is 3.47. The van der Waals surface area contributed by atoms with E-state index in [4.69, 9.17) is 0 Å². The van der Waals surface area contributed by atoms with Gasteiger partial charge in [0.2, 0.25) is 17.7 Å². The number of nitrogens with one attached hydrogen (secondary N) is 2. The van der Waals surface area contributed by atoms with Crippen LogP contribution in [-0.2, 0) is 39.2 Å². The van der Waals surface area contributed by atoms with Crippen molar-refractivity contribution in [2.45, 2.75) is 37.8 Å². The molecule has 3 heterocycles. The van der Waals surface area contributed by atoms with Gasteiger partial charge in [-0.2, -0.15) is 0 Å². The number of amides is 3. The largest absolute Gasteiger partial charge is 0.324 e. The van der Waals surface area contributed by atoms with Crippen LogP contribution >= 0.6 is 0 Å². The number of carbonyl (C=O) groups is 3. The normalized spacial score (nSPS) is 26.4. The highest BCUT2D eigenvalue weighted by Gasteiger charge is 2.70. The lowest BCUT2D eigenvalue weighted by Gasteiger charge is -2.30. The summed E-state index contributed by atoms with van der Waals surface area (Å²) in [4.78, 5) is 42.9. The number of aryl methyl sites for hydroxylation is 1. The Labute approximate surface area is 210 Å². The Morgan fingerprint density at radius 1 is 0.833 bits per heavy atom. The molecule has 2 N–H and O–H groups in total. The van der Waals surface area contributed by atoms with Gasteiger partial charge in [0.1, 0.15) is 5.54 Å². The lowest BCUT2D eigenvalue weighted by molar-refractivity contribution is -0.142. The lowest BCUT2D eigenvalue weighted by atomic mass is 9.76. The molecule has 0 unspecified atom stereocenters. The molecular weight excluding hydrogens is 450 g/mol. The maximum atomic E-state index is 14.0. The van der Waals surface area contributed by atoms with E-state index in [9.17, 15) is 14.4 Å². The molecule has 6 rings (SSSR count). The van der Waals surface area contributed by atoms with Gasteiger partial charge in [0, 0.05) is 23.8 Å². The molecule has 36 heavy (non-hydrogen) atoms. The molecule has 6 heteroatoms. The van der Waals surface area contributed by atoms with Crippen molar-refractivity contribution in [3.05, 3.63) is 101 Å². The molecule has 3 amide bonds. The number of anilines is 1. The molecule has 3 aromatic carbocycles. The van der Waals surface area contributed by atoms with E-state index in [1.54, 1.807) is 0 Å². The van der Waals surface area contributed by atoms with Gasteiger partial charge in [-0.3, -0.25) is 24.6 Å². The van der Waals surface area contributed by atoms with Crippen molar-refractivity contribution in [1.29, 1.82) is 0 Å². The zero-order valence-electron chi connectivity index (χ0n) is 20.2. The van der Waals surface area contributed by atoms with E-state index in [1.165, 1.54) is 4.90 Å². The Morgan fingerprint density at radius 2 is 1.53 bits per heavy atom. The third kappa shape index (κ3) is 3.39. The Balaban J connectivity index is 1.41. The predicted molar refractivity (Wildman–Crippen MR) is 137 cm³/mol. The number of fused-ring (bicyclic) bond motifs is 4. The summed E-state index contributed by atoms with van der Waals surface area (Å²) in [6, 6.07) is 25.4. The summed E-state index contributed by atoms with van der Waals surface area (Å²) in [6.07, 6.45) is 1.96. The zero-order valence-corrected chi connectivity index (χ0v) is 20.2. The molecule has 6 nitrogen and oxygen atoms in total. The number of hydrogen-bond acceptors (Lipinski definition) is 4. The fourth-order valence-electron chi connectivity index (χ4n) is 6.28. The summed E-state index contributed by atoms with van der Waals surface area (Å²) < 4.78 is 0. The summed E-state index contributed by atoms with van der Waals surface area (Å²) in [5, 5.41) is 6.55. The molecule has 3 aliphatic rings. The van der Waals surface area contributed by atoms with Crippen molar-refractivity contribution in [1.82, 2.24) is 10.2 Å². The van der Waals surface area contributed by atoms with E-state index in [-0.39, 0.29) is 23.8 Å². The van der Waals surface area contributed by atoms with Crippen LogP contribution in [-0.4, -0.2) is 35.2 Å². The SMILES string of the molecule is CCc1ccc2c(c1)[C@]1(N[C@H](Cc3ccccc3)[C@H]3C(=O)N(CCc4ccccc4)C(=O)[C@@H]31)C(=O)N2. The van der Waals surface area contributed by atoms with Crippen LogP contribution in [0.2, 0.25) is 0 Å². The Hall–Kier alpha value is -3.77. The third-order valence-electron chi connectivity index (χ3n) is 8.04. The number of imide groups is 1. The van der Waals surface area contributed by atoms with Crippen LogP contribution < -0.4 is 10.6 Å². The summed E-state index contributed by atoms with van der Waals surface area (Å²) >= 11 is 0. The minimum absolute atomic E-state index is 0.181. The first-order valence-corrected chi connectivity index (χ1v) is 12.7. The van der Waals surface area contributed by atoms with E-state index in [2.05, 4.69) is 17.6 Å². The van der Waals surface area contributed by atoms with Crippen molar-refractivity contribution >= 4 is 23.4 Å². The van der Waals surface area contributed by atoms with E-state index in [0.717, 1.165) is 28.7 Å². The Morgan fingerprint density at radius 3 is 2.22 bits per heavy atom. The van der Waals surface area contributed by atoms with Crippen LogP contribution in [0.4, 0.5) is 5.69 Å². The number of rotatable bonds is 6. The number of hydrogen-bond donors (Lipinski definition) is 2. The Kier molecular flexibility index (Phi) is 5.49. The van der Waals surface area contributed by atoms with Gasteiger partial charge in [0.05, 0.1) is 11.8 Å². The van der Waals surface area contributed by atoms with E-state index >= 15 is 0 Å². The summed E-state index contributed by atoms with van der Waals surface area (Å²) in [6.45, 7) is 2.38. The molecule has 2 saturated heterocycles. The van der Waals surface area contributed by atoms with Crippen LogP contribution in [0.1, 0.15) is 29.2 Å². The van der Waals surface area contributed by atoms with Gasteiger partial charge in [-0.25, -0.2) is 0 Å². The molecular formula is C30H29N3O3. The summed E-state index contributed by atoms with van der Waals surface area (Å²) in [7, 11) is 0. The minimum atomic E-state index is -1.25. The topological polar surface area (TPSA) is 78.5 Å². The molecule has 3 aliphatic heterocycles. The maximum Gasteiger partial charge on any atom is 0.250 e. The molecule has 0 saturated carbocycles. The molecule has 4 atom stereocenters. The maximum absolute atomic E-state index is 14.0.